The first kappa shape index (κ1) is 18.3. The summed E-state index contributed by atoms with van der Waals surface area (Å²) < 4.78 is 5.50. The molecule has 2 rings (SSSR count). The second-order valence-corrected chi connectivity index (χ2v) is 6.66. The lowest BCUT2D eigenvalue weighted by molar-refractivity contribution is 0.0639. The first-order valence-corrected chi connectivity index (χ1v) is 8.39. The zero-order valence-corrected chi connectivity index (χ0v) is 15.3. The van der Waals surface area contributed by atoms with Gasteiger partial charge in [-0.1, -0.05) is 24.3 Å². The first-order valence-electron chi connectivity index (χ1n) is 8.39. The minimum Gasteiger partial charge on any atom is -0.496 e. The number of fused-ring (bicyclic) bond motifs is 1. The summed E-state index contributed by atoms with van der Waals surface area (Å²) >= 11 is 0. The van der Waals surface area contributed by atoms with Crippen LogP contribution >= 0.6 is 0 Å². The van der Waals surface area contributed by atoms with E-state index in [4.69, 9.17) is 4.74 Å². The molecule has 4 nitrogen and oxygen atoms in total. The number of hydrogen-bond acceptors (Lipinski definition) is 3. The Kier molecular flexibility index (Phi) is 5.50. The summed E-state index contributed by atoms with van der Waals surface area (Å²) in [4.78, 5) is 15.2. The van der Waals surface area contributed by atoms with E-state index < -0.39 is 6.10 Å². The van der Waals surface area contributed by atoms with Gasteiger partial charge in [0.15, 0.2) is 0 Å². The summed E-state index contributed by atoms with van der Waals surface area (Å²) in [6, 6.07) is 9.58. The Morgan fingerprint density at radius 2 is 1.67 bits per heavy atom. The highest BCUT2D eigenvalue weighted by molar-refractivity contribution is 6.10. The van der Waals surface area contributed by atoms with Crippen molar-refractivity contribution >= 4 is 16.7 Å². The van der Waals surface area contributed by atoms with Crippen LogP contribution in [0.3, 0.4) is 0 Å². The Morgan fingerprint density at radius 3 is 2.17 bits per heavy atom. The molecule has 2 aromatic rings. The second kappa shape index (κ2) is 7.22. The molecule has 0 radical (unpaired) electrons. The van der Waals surface area contributed by atoms with Gasteiger partial charge in [-0.25, -0.2) is 0 Å². The third-order valence-corrected chi connectivity index (χ3v) is 4.27. The second-order valence-electron chi connectivity index (χ2n) is 6.66. The van der Waals surface area contributed by atoms with E-state index in [9.17, 15) is 9.90 Å². The van der Waals surface area contributed by atoms with Crippen LogP contribution in [-0.4, -0.2) is 35.1 Å². The molecule has 1 N–H and O–H groups in total. The third kappa shape index (κ3) is 3.24. The van der Waals surface area contributed by atoms with Crippen molar-refractivity contribution in [3.63, 3.8) is 0 Å². The molecule has 0 aliphatic heterocycles. The maximum Gasteiger partial charge on any atom is 0.255 e. The van der Waals surface area contributed by atoms with Gasteiger partial charge in [-0.3, -0.25) is 4.79 Å². The van der Waals surface area contributed by atoms with Crippen molar-refractivity contribution in [3.05, 3.63) is 41.5 Å². The van der Waals surface area contributed by atoms with E-state index in [1.165, 1.54) is 0 Å². The Balaban J connectivity index is 2.83. The summed E-state index contributed by atoms with van der Waals surface area (Å²) in [5.41, 5.74) is 1.16. The van der Waals surface area contributed by atoms with E-state index in [1.54, 1.807) is 14.0 Å². The molecule has 0 aromatic heterocycles. The maximum atomic E-state index is 13.4. The number of ether oxygens (including phenoxy) is 1. The van der Waals surface area contributed by atoms with E-state index >= 15 is 0 Å². The van der Waals surface area contributed by atoms with Gasteiger partial charge < -0.3 is 14.7 Å². The van der Waals surface area contributed by atoms with Crippen LogP contribution in [0.5, 0.6) is 5.75 Å². The number of methoxy groups -OCH3 is 1. The molecule has 0 aliphatic carbocycles. The highest BCUT2D eigenvalue weighted by Crippen LogP contribution is 2.34. The fourth-order valence-corrected chi connectivity index (χ4v) is 3.30. The van der Waals surface area contributed by atoms with Gasteiger partial charge in [0.2, 0.25) is 0 Å². The molecule has 0 fully saturated rings. The summed E-state index contributed by atoms with van der Waals surface area (Å²) in [7, 11) is 1.60. The molecule has 0 spiro atoms. The number of aliphatic hydroxyl groups is 1. The van der Waals surface area contributed by atoms with E-state index in [-0.39, 0.29) is 18.0 Å². The van der Waals surface area contributed by atoms with Gasteiger partial charge in [0, 0.05) is 17.5 Å². The van der Waals surface area contributed by atoms with Gasteiger partial charge in [0.05, 0.1) is 18.8 Å². The number of aliphatic hydroxyl groups excluding tert-OH is 1. The monoisotopic (exact) mass is 329 g/mol. The minimum atomic E-state index is -0.737. The maximum absolute atomic E-state index is 13.4. The molecule has 0 unspecified atom stereocenters. The largest absolute Gasteiger partial charge is 0.496 e. The number of hydrogen-bond donors (Lipinski definition) is 1. The third-order valence-electron chi connectivity index (χ3n) is 4.27. The molecule has 0 heterocycles. The van der Waals surface area contributed by atoms with Crippen LogP contribution in [0.4, 0.5) is 0 Å². The van der Waals surface area contributed by atoms with E-state index in [0.717, 1.165) is 10.8 Å². The van der Waals surface area contributed by atoms with E-state index in [0.29, 0.717) is 16.9 Å². The summed E-state index contributed by atoms with van der Waals surface area (Å²) in [6.07, 6.45) is -0.737. The van der Waals surface area contributed by atoms with Crippen LogP contribution in [0.25, 0.3) is 10.8 Å². The molecule has 2 aromatic carbocycles. The van der Waals surface area contributed by atoms with Crippen molar-refractivity contribution < 1.29 is 14.6 Å². The molecule has 1 amide bonds. The Morgan fingerprint density at radius 1 is 1.04 bits per heavy atom. The van der Waals surface area contributed by atoms with Crippen molar-refractivity contribution in [2.45, 2.75) is 52.8 Å². The van der Waals surface area contributed by atoms with Crippen molar-refractivity contribution in [1.29, 1.82) is 0 Å². The molecule has 0 saturated carbocycles. The number of carbonyl (C=O) groups excluding carboxylic acids is 1. The highest BCUT2D eigenvalue weighted by atomic mass is 16.5. The van der Waals surface area contributed by atoms with Gasteiger partial charge in [-0.2, -0.15) is 0 Å². The van der Waals surface area contributed by atoms with Crippen molar-refractivity contribution in [2.75, 3.05) is 7.11 Å². The lowest BCUT2D eigenvalue weighted by Crippen LogP contribution is -2.42. The average molecular weight is 329 g/mol. The Hall–Kier alpha value is -2.07. The van der Waals surface area contributed by atoms with Crippen LogP contribution in [0.1, 0.15) is 56.6 Å². The Bertz CT molecular complexity index is 727. The highest BCUT2D eigenvalue weighted by Gasteiger charge is 2.28. The predicted molar refractivity (Wildman–Crippen MR) is 97.6 cm³/mol. The van der Waals surface area contributed by atoms with Gasteiger partial charge in [-0.05, 0) is 51.6 Å². The van der Waals surface area contributed by atoms with Crippen molar-refractivity contribution in [1.82, 2.24) is 4.90 Å². The van der Waals surface area contributed by atoms with E-state index in [2.05, 4.69) is 0 Å². The van der Waals surface area contributed by atoms with Crippen LogP contribution in [0.15, 0.2) is 30.3 Å². The minimum absolute atomic E-state index is 0.0595. The Labute approximate surface area is 144 Å². The van der Waals surface area contributed by atoms with Gasteiger partial charge in [-0.15, -0.1) is 0 Å². The number of benzene rings is 2. The molecule has 1 atom stereocenters. The number of carbonyl (C=O) groups is 1. The molecule has 0 saturated heterocycles. The molecule has 24 heavy (non-hydrogen) atoms. The predicted octanol–water partition coefficient (Wildman–Crippen LogP) is 4.16. The first-order chi connectivity index (χ1) is 11.3. The topological polar surface area (TPSA) is 49.8 Å². The fraction of sp³-hybridized carbons (Fsp3) is 0.450. The van der Waals surface area contributed by atoms with Gasteiger partial charge >= 0.3 is 0 Å². The average Bonchev–Trinajstić information content (AvgIpc) is 2.51. The number of amides is 1. The molecular formula is C20H27NO3. The van der Waals surface area contributed by atoms with Crippen LogP contribution in [-0.2, 0) is 0 Å². The molecule has 0 aliphatic rings. The van der Waals surface area contributed by atoms with Crippen molar-refractivity contribution in [2.24, 2.45) is 0 Å². The fourth-order valence-electron chi connectivity index (χ4n) is 3.30. The van der Waals surface area contributed by atoms with Crippen LogP contribution in [0, 0.1) is 0 Å². The zero-order chi connectivity index (χ0) is 18.0. The lowest BCUT2D eigenvalue weighted by Gasteiger charge is -2.32. The van der Waals surface area contributed by atoms with Crippen LogP contribution < -0.4 is 4.74 Å². The van der Waals surface area contributed by atoms with Gasteiger partial charge in [0.1, 0.15) is 5.75 Å². The number of nitrogens with zero attached hydrogens (tertiary/aromatic N) is 1. The van der Waals surface area contributed by atoms with Crippen molar-refractivity contribution in [3.8, 4) is 5.75 Å². The summed E-state index contributed by atoms with van der Waals surface area (Å²) in [6.45, 7) is 9.69. The standard InChI is InChI=1S/C20H27NO3/c1-12(2)21(13(3)4)20(23)19-16(14(5)22)11-10-15-8-7-9-17(24-6)18(15)19/h7-14,22H,1-6H3/t14-/m0/s1. The molecular weight excluding hydrogens is 302 g/mol. The lowest BCUT2D eigenvalue weighted by atomic mass is 9.93. The number of rotatable bonds is 5. The summed E-state index contributed by atoms with van der Waals surface area (Å²) in [5.74, 6) is 0.566. The molecule has 4 heteroatoms. The normalized spacial score (nSPS) is 12.7. The SMILES string of the molecule is COc1cccc2ccc([C@H](C)O)c(C(=O)N(C(C)C)C(C)C)c12. The van der Waals surface area contributed by atoms with E-state index in [1.807, 2.05) is 62.9 Å². The summed E-state index contributed by atoms with van der Waals surface area (Å²) in [5, 5.41) is 11.9. The molecule has 130 valence electrons. The molecule has 0 bridgehead atoms. The smallest absolute Gasteiger partial charge is 0.255 e. The zero-order valence-electron chi connectivity index (χ0n) is 15.3. The quantitative estimate of drug-likeness (QED) is 0.896. The van der Waals surface area contributed by atoms with Gasteiger partial charge in [0.25, 0.3) is 5.91 Å². The van der Waals surface area contributed by atoms with Crippen LogP contribution in [0.2, 0.25) is 0 Å².